The number of nitrogens with zero attached hydrogens (tertiary/aromatic N) is 3. The van der Waals surface area contributed by atoms with Crippen molar-refractivity contribution in [3.63, 3.8) is 0 Å². The molecule has 148 valence electrons. The SMILES string of the molecule is Cc1cc(/C=N\N2C(=O)[C@@H]3[C@@H](C2=O)[C@H]2C=C[C@H]3CC2)c(C)n1-c1ccccc1I. The maximum atomic E-state index is 12.9. The average Bonchev–Trinajstić information content (AvgIpc) is 3.16. The van der Waals surface area contributed by atoms with E-state index in [-0.39, 0.29) is 35.5 Å². The molecule has 2 heterocycles. The van der Waals surface area contributed by atoms with Crippen LogP contribution in [0.1, 0.15) is 29.8 Å². The number of allylic oxidation sites excluding steroid dienone is 2. The molecule has 6 heteroatoms. The summed E-state index contributed by atoms with van der Waals surface area (Å²) in [5, 5.41) is 5.50. The molecule has 5 nitrogen and oxygen atoms in total. The first-order chi connectivity index (χ1) is 14.0. The van der Waals surface area contributed by atoms with Gasteiger partial charge in [-0.15, -0.1) is 0 Å². The van der Waals surface area contributed by atoms with Gasteiger partial charge in [-0.3, -0.25) is 9.59 Å². The molecule has 2 bridgehead atoms. The zero-order valence-corrected chi connectivity index (χ0v) is 18.5. The van der Waals surface area contributed by atoms with Crippen LogP contribution >= 0.6 is 22.6 Å². The number of hydrogen-bond donors (Lipinski definition) is 0. The molecule has 3 aliphatic carbocycles. The Kier molecular flexibility index (Phi) is 4.49. The molecule has 1 aromatic heterocycles. The number of halogens is 1. The lowest BCUT2D eigenvalue weighted by Crippen LogP contribution is -2.38. The summed E-state index contributed by atoms with van der Waals surface area (Å²) < 4.78 is 3.34. The second kappa shape index (κ2) is 6.93. The standard InChI is InChI=1S/C23H22IN3O2/c1-13-11-17(14(2)26(13)19-6-4-3-5-18(19)24)12-25-27-22(28)20-15-7-8-16(10-9-15)21(20)23(27)29/h3-8,11-12,15-16,20-21H,9-10H2,1-2H3/b25-12-/t15-,16-,20-,21-/m0/s1. The third-order valence-electron chi connectivity index (χ3n) is 6.61. The van der Waals surface area contributed by atoms with E-state index in [0.29, 0.717) is 0 Å². The van der Waals surface area contributed by atoms with Gasteiger partial charge in [0.2, 0.25) is 0 Å². The smallest absolute Gasteiger partial charge is 0.254 e. The van der Waals surface area contributed by atoms with Gasteiger partial charge < -0.3 is 4.57 Å². The Labute approximate surface area is 183 Å². The second-order valence-electron chi connectivity index (χ2n) is 8.19. The summed E-state index contributed by atoms with van der Waals surface area (Å²) in [5.41, 5.74) is 4.15. The summed E-state index contributed by atoms with van der Waals surface area (Å²) in [5.74, 6) is -0.342. The number of hydrogen-bond acceptors (Lipinski definition) is 3. The van der Waals surface area contributed by atoms with E-state index in [1.807, 2.05) is 25.1 Å². The largest absolute Gasteiger partial charge is 0.317 e. The molecule has 0 unspecified atom stereocenters. The number of para-hydroxylation sites is 1. The number of carbonyl (C=O) groups is 2. The maximum absolute atomic E-state index is 12.9. The molecule has 0 radical (unpaired) electrons. The van der Waals surface area contributed by atoms with Crippen molar-refractivity contribution in [3.05, 3.63) is 63.0 Å². The molecular formula is C23H22IN3O2. The number of hydrazone groups is 1. The van der Waals surface area contributed by atoms with Crippen LogP contribution in [0.25, 0.3) is 5.69 Å². The van der Waals surface area contributed by atoms with E-state index >= 15 is 0 Å². The summed E-state index contributed by atoms with van der Waals surface area (Å²) in [6.45, 7) is 4.09. The Morgan fingerprint density at radius 3 is 2.24 bits per heavy atom. The number of aromatic nitrogens is 1. The zero-order valence-electron chi connectivity index (χ0n) is 16.4. The number of imide groups is 1. The molecule has 0 N–H and O–H groups in total. The number of amides is 2. The van der Waals surface area contributed by atoms with E-state index in [1.54, 1.807) is 6.21 Å². The maximum Gasteiger partial charge on any atom is 0.254 e. The van der Waals surface area contributed by atoms with Gasteiger partial charge in [-0.2, -0.15) is 10.1 Å². The van der Waals surface area contributed by atoms with Crippen LogP contribution in [-0.4, -0.2) is 27.6 Å². The predicted octanol–water partition coefficient (Wildman–Crippen LogP) is 4.23. The van der Waals surface area contributed by atoms with Crippen LogP contribution in [0.3, 0.4) is 0 Å². The Morgan fingerprint density at radius 1 is 1.03 bits per heavy atom. The Balaban J connectivity index is 1.46. The number of carbonyl (C=O) groups excluding carboxylic acids is 2. The molecule has 29 heavy (non-hydrogen) atoms. The van der Waals surface area contributed by atoms with Crippen molar-refractivity contribution in [1.82, 2.24) is 9.58 Å². The van der Waals surface area contributed by atoms with E-state index in [4.69, 9.17) is 0 Å². The van der Waals surface area contributed by atoms with Crippen molar-refractivity contribution in [2.75, 3.05) is 0 Å². The van der Waals surface area contributed by atoms with E-state index in [1.165, 1.54) is 0 Å². The molecule has 2 fully saturated rings. The minimum Gasteiger partial charge on any atom is -0.317 e. The van der Waals surface area contributed by atoms with Crippen molar-refractivity contribution < 1.29 is 9.59 Å². The highest BCUT2D eigenvalue weighted by atomic mass is 127. The first kappa shape index (κ1) is 18.8. The van der Waals surface area contributed by atoms with Gasteiger partial charge >= 0.3 is 0 Å². The third kappa shape index (κ3) is 2.83. The highest BCUT2D eigenvalue weighted by Crippen LogP contribution is 2.49. The van der Waals surface area contributed by atoms with E-state index < -0.39 is 0 Å². The summed E-state index contributed by atoms with van der Waals surface area (Å²) in [7, 11) is 0. The van der Waals surface area contributed by atoms with Gasteiger partial charge in [0, 0.05) is 20.5 Å². The van der Waals surface area contributed by atoms with E-state index in [0.717, 1.165) is 44.1 Å². The molecule has 2 aromatic rings. The van der Waals surface area contributed by atoms with Gasteiger partial charge in [-0.1, -0.05) is 24.3 Å². The minimum absolute atomic E-state index is 0.137. The van der Waals surface area contributed by atoms with Gasteiger partial charge in [0.15, 0.2) is 0 Å². The van der Waals surface area contributed by atoms with Crippen LogP contribution < -0.4 is 0 Å². The van der Waals surface area contributed by atoms with Crippen molar-refractivity contribution in [2.24, 2.45) is 28.8 Å². The molecule has 1 saturated heterocycles. The van der Waals surface area contributed by atoms with Crippen molar-refractivity contribution in [3.8, 4) is 5.69 Å². The van der Waals surface area contributed by atoms with Gasteiger partial charge in [-0.25, -0.2) is 0 Å². The summed E-state index contributed by atoms with van der Waals surface area (Å²) in [4.78, 5) is 25.9. The Hall–Kier alpha value is -2.22. The lowest BCUT2D eigenvalue weighted by Gasteiger charge is -2.37. The van der Waals surface area contributed by atoms with Crippen LogP contribution in [0, 0.1) is 41.1 Å². The van der Waals surface area contributed by atoms with Crippen molar-refractivity contribution in [2.45, 2.75) is 26.7 Å². The fraction of sp³-hybridized carbons (Fsp3) is 0.348. The summed E-state index contributed by atoms with van der Waals surface area (Å²) in [6.07, 6.45) is 7.91. The third-order valence-corrected chi connectivity index (χ3v) is 7.52. The fourth-order valence-electron chi connectivity index (χ4n) is 5.21. The summed E-state index contributed by atoms with van der Waals surface area (Å²) in [6, 6.07) is 10.3. The zero-order chi connectivity index (χ0) is 20.3. The normalized spacial score (nSPS) is 28.0. The predicted molar refractivity (Wildman–Crippen MR) is 120 cm³/mol. The highest BCUT2D eigenvalue weighted by Gasteiger charge is 2.56. The van der Waals surface area contributed by atoms with Crippen molar-refractivity contribution in [1.29, 1.82) is 0 Å². The van der Waals surface area contributed by atoms with E-state index in [2.05, 4.69) is 63.5 Å². The minimum atomic E-state index is -0.221. The molecule has 0 spiro atoms. The summed E-state index contributed by atoms with van der Waals surface area (Å²) >= 11 is 2.33. The monoisotopic (exact) mass is 499 g/mol. The fourth-order valence-corrected chi connectivity index (χ4v) is 5.84. The lowest BCUT2D eigenvalue weighted by atomic mass is 9.63. The number of aryl methyl sites for hydroxylation is 1. The molecule has 1 aromatic carbocycles. The van der Waals surface area contributed by atoms with Crippen LogP contribution in [-0.2, 0) is 9.59 Å². The molecule has 2 amide bonds. The van der Waals surface area contributed by atoms with Crippen LogP contribution in [0.4, 0.5) is 0 Å². The number of fused-ring (bicyclic) bond motifs is 1. The first-order valence-corrected chi connectivity index (χ1v) is 11.1. The molecule has 4 aliphatic rings. The Bertz CT molecular complexity index is 1050. The van der Waals surface area contributed by atoms with Gasteiger partial charge in [-0.05, 0) is 79.3 Å². The van der Waals surface area contributed by atoms with Crippen LogP contribution in [0.5, 0.6) is 0 Å². The van der Waals surface area contributed by atoms with Crippen LogP contribution in [0.15, 0.2) is 47.6 Å². The second-order valence-corrected chi connectivity index (χ2v) is 9.35. The van der Waals surface area contributed by atoms with Gasteiger partial charge in [0.05, 0.1) is 23.7 Å². The molecule has 6 rings (SSSR count). The lowest BCUT2D eigenvalue weighted by molar-refractivity contribution is -0.140. The molecular weight excluding hydrogens is 477 g/mol. The van der Waals surface area contributed by atoms with Gasteiger partial charge in [0.1, 0.15) is 0 Å². The van der Waals surface area contributed by atoms with Crippen molar-refractivity contribution >= 4 is 40.6 Å². The quantitative estimate of drug-likeness (QED) is 0.275. The Morgan fingerprint density at radius 2 is 1.66 bits per heavy atom. The topological polar surface area (TPSA) is 54.7 Å². The molecule has 4 atom stereocenters. The molecule has 1 aliphatic heterocycles. The number of benzene rings is 1. The molecule has 1 saturated carbocycles. The van der Waals surface area contributed by atoms with E-state index in [9.17, 15) is 9.59 Å². The average molecular weight is 499 g/mol. The number of rotatable bonds is 3. The van der Waals surface area contributed by atoms with Crippen LogP contribution in [0.2, 0.25) is 0 Å². The van der Waals surface area contributed by atoms with Gasteiger partial charge in [0.25, 0.3) is 11.8 Å². The highest BCUT2D eigenvalue weighted by molar-refractivity contribution is 14.1. The first-order valence-electron chi connectivity index (χ1n) is 10.0.